The van der Waals surface area contributed by atoms with Crippen LogP contribution in [0.3, 0.4) is 0 Å². The molecule has 0 bridgehead atoms. The molecule has 5 rings (SSSR count). The largest absolute Gasteiger partial charge is 0.496 e. The molecule has 1 N–H and O–H groups in total. The van der Waals surface area contributed by atoms with Gasteiger partial charge < -0.3 is 10.1 Å². The molecule has 32 heavy (non-hydrogen) atoms. The summed E-state index contributed by atoms with van der Waals surface area (Å²) in [6.45, 7) is 0. The van der Waals surface area contributed by atoms with Crippen LogP contribution in [0.25, 0.3) is 11.3 Å². The van der Waals surface area contributed by atoms with Crippen molar-refractivity contribution in [1.29, 1.82) is 5.26 Å². The van der Waals surface area contributed by atoms with E-state index >= 15 is 0 Å². The number of aromatic nitrogens is 2. The zero-order chi connectivity index (χ0) is 22.4. The van der Waals surface area contributed by atoms with Crippen molar-refractivity contribution in [2.75, 3.05) is 12.4 Å². The van der Waals surface area contributed by atoms with Gasteiger partial charge in [-0.15, -0.1) is 0 Å². The van der Waals surface area contributed by atoms with E-state index in [0.717, 1.165) is 41.8 Å². The highest BCUT2D eigenvalue weighted by Crippen LogP contribution is 2.55. The Labute approximate surface area is 185 Å². The fourth-order valence-corrected chi connectivity index (χ4v) is 5.06. The van der Waals surface area contributed by atoms with Crippen LogP contribution >= 0.6 is 0 Å². The molecule has 2 unspecified atom stereocenters. The molecule has 0 saturated carbocycles. The number of nitrogens with zero attached hydrogens (tertiary/aromatic N) is 3. The zero-order valence-corrected chi connectivity index (χ0v) is 17.9. The highest BCUT2D eigenvalue weighted by atomic mass is 16.5. The first-order valence-electron chi connectivity index (χ1n) is 10.6. The maximum Gasteiger partial charge on any atom is 0.249 e. The van der Waals surface area contributed by atoms with Crippen LogP contribution in [0.5, 0.6) is 5.75 Å². The number of ether oxygens (including phenoxy) is 1. The highest BCUT2D eigenvalue weighted by molar-refractivity contribution is 6.16. The average Bonchev–Trinajstić information content (AvgIpc) is 3.33. The molecule has 0 aliphatic heterocycles. The van der Waals surface area contributed by atoms with Gasteiger partial charge >= 0.3 is 0 Å². The van der Waals surface area contributed by atoms with Gasteiger partial charge in [0.15, 0.2) is 5.92 Å². The summed E-state index contributed by atoms with van der Waals surface area (Å²) >= 11 is 0. The van der Waals surface area contributed by atoms with E-state index in [1.807, 2.05) is 18.2 Å². The number of Topliss-reactive ketones (excluding diaryl/α,β-unsaturated/α-hetero) is 1. The van der Waals surface area contributed by atoms with Crippen molar-refractivity contribution in [2.45, 2.75) is 25.2 Å². The van der Waals surface area contributed by atoms with Crippen LogP contribution in [0.4, 0.5) is 5.69 Å². The molecule has 2 aliphatic rings. The van der Waals surface area contributed by atoms with E-state index in [1.165, 1.54) is 11.1 Å². The number of ketones is 1. The number of amides is 1. The van der Waals surface area contributed by atoms with E-state index in [4.69, 9.17) is 4.74 Å². The molecule has 0 spiro atoms. The van der Waals surface area contributed by atoms with Crippen molar-refractivity contribution in [3.63, 3.8) is 0 Å². The van der Waals surface area contributed by atoms with Gasteiger partial charge in [-0.05, 0) is 48.6 Å². The van der Waals surface area contributed by atoms with Crippen molar-refractivity contribution in [2.24, 2.45) is 13.0 Å². The average molecular weight is 426 g/mol. The monoisotopic (exact) mass is 426 g/mol. The summed E-state index contributed by atoms with van der Waals surface area (Å²) in [6, 6.07) is 14.7. The minimum absolute atomic E-state index is 0.0167. The fraction of sp³-hybridized carbons (Fsp3) is 0.280. The number of methoxy groups -OCH3 is 1. The van der Waals surface area contributed by atoms with Crippen LogP contribution in [0.1, 0.15) is 45.9 Å². The molecule has 3 aromatic rings. The molecule has 0 saturated heterocycles. The molecule has 7 nitrogen and oxygen atoms in total. The van der Waals surface area contributed by atoms with Crippen LogP contribution in [0.15, 0.2) is 42.5 Å². The summed E-state index contributed by atoms with van der Waals surface area (Å²) in [6.07, 6.45) is 2.87. The molecule has 0 fully saturated rings. The molecular formula is C25H22N4O3. The lowest BCUT2D eigenvalue weighted by molar-refractivity contribution is -0.117. The molecule has 7 heteroatoms. The number of para-hydroxylation sites is 1. The van der Waals surface area contributed by atoms with Crippen LogP contribution in [0, 0.1) is 17.2 Å². The third kappa shape index (κ3) is 2.91. The van der Waals surface area contributed by atoms with Crippen molar-refractivity contribution >= 4 is 17.4 Å². The first-order chi connectivity index (χ1) is 15.5. The van der Waals surface area contributed by atoms with E-state index in [2.05, 4.69) is 16.5 Å². The quantitative estimate of drug-likeness (QED) is 0.494. The van der Waals surface area contributed by atoms with Gasteiger partial charge in [0.25, 0.3) is 0 Å². The number of carbonyl (C=O) groups excluding carboxylic acids is 2. The molecule has 1 aromatic heterocycles. The maximum absolute atomic E-state index is 13.5. The Hall–Kier alpha value is -3.92. The predicted molar refractivity (Wildman–Crippen MR) is 118 cm³/mol. The third-order valence-electron chi connectivity index (χ3n) is 6.40. The summed E-state index contributed by atoms with van der Waals surface area (Å²) in [5.41, 5.74) is 5.81. The Balaban J connectivity index is 1.57. The topological polar surface area (TPSA) is 97.0 Å². The zero-order valence-electron chi connectivity index (χ0n) is 17.9. The first-order valence-corrected chi connectivity index (χ1v) is 10.6. The summed E-state index contributed by atoms with van der Waals surface area (Å²) < 4.78 is 7.32. The third-order valence-corrected chi connectivity index (χ3v) is 6.40. The molecule has 1 amide bonds. The normalized spacial score (nSPS) is 16.5. The molecular weight excluding hydrogens is 404 g/mol. The van der Waals surface area contributed by atoms with Gasteiger partial charge in [0.05, 0.1) is 18.9 Å². The van der Waals surface area contributed by atoms with Crippen LogP contribution in [0.2, 0.25) is 0 Å². The second-order valence-corrected chi connectivity index (χ2v) is 8.18. The van der Waals surface area contributed by atoms with Crippen molar-refractivity contribution in [3.8, 4) is 23.1 Å². The second-order valence-electron chi connectivity index (χ2n) is 8.18. The van der Waals surface area contributed by atoms with E-state index in [0.29, 0.717) is 5.69 Å². The lowest BCUT2D eigenvalue weighted by Gasteiger charge is -2.23. The molecule has 2 atom stereocenters. The van der Waals surface area contributed by atoms with E-state index < -0.39 is 17.6 Å². The predicted octanol–water partition coefficient (Wildman–Crippen LogP) is 3.84. The highest BCUT2D eigenvalue weighted by Gasteiger charge is 2.43. The number of aryl methyl sites for hydroxylation is 2. The first kappa shape index (κ1) is 20.0. The van der Waals surface area contributed by atoms with Crippen molar-refractivity contribution in [1.82, 2.24) is 9.78 Å². The summed E-state index contributed by atoms with van der Waals surface area (Å²) in [7, 11) is 3.42. The minimum Gasteiger partial charge on any atom is -0.496 e. The number of carbonyl (C=O) groups is 2. The summed E-state index contributed by atoms with van der Waals surface area (Å²) in [5, 5.41) is 16.9. The van der Waals surface area contributed by atoms with Gasteiger partial charge in [0.2, 0.25) is 11.7 Å². The smallest absolute Gasteiger partial charge is 0.249 e. The summed E-state index contributed by atoms with van der Waals surface area (Å²) in [4.78, 5) is 26.3. The molecule has 2 aliphatic carbocycles. The number of rotatable bonds is 5. The lowest BCUT2D eigenvalue weighted by atomic mass is 9.81. The van der Waals surface area contributed by atoms with Crippen molar-refractivity contribution < 1.29 is 14.3 Å². The standard InChI is InChI=1S/C25H22N4O3/c1-29-23-20(16-10-6-7-14-11-12-18(32-2)21(23)19(14)16)22(28-29)24(30)17(13-26)25(31)27-15-8-4-3-5-9-15/h3-5,8-9,11-12,16-17H,6-7,10H2,1-2H3,(H,27,31). The number of nitriles is 1. The number of nitrogens with one attached hydrogen (secondary N) is 1. The van der Waals surface area contributed by atoms with Gasteiger partial charge in [0.1, 0.15) is 11.4 Å². The molecule has 0 radical (unpaired) electrons. The molecule has 2 aromatic carbocycles. The second kappa shape index (κ2) is 7.65. The van der Waals surface area contributed by atoms with E-state index in [9.17, 15) is 14.9 Å². The van der Waals surface area contributed by atoms with Crippen molar-refractivity contribution in [3.05, 3.63) is 64.8 Å². The van der Waals surface area contributed by atoms with E-state index in [-0.39, 0.29) is 11.6 Å². The van der Waals surface area contributed by atoms with Gasteiger partial charge in [-0.25, -0.2) is 0 Å². The number of benzene rings is 2. The molecule has 160 valence electrons. The van der Waals surface area contributed by atoms with Crippen LogP contribution in [-0.4, -0.2) is 28.6 Å². The number of anilines is 1. The van der Waals surface area contributed by atoms with Gasteiger partial charge in [-0.1, -0.05) is 24.3 Å². The van der Waals surface area contributed by atoms with Gasteiger partial charge in [-0.2, -0.15) is 10.4 Å². The Bertz CT molecular complexity index is 1290. The van der Waals surface area contributed by atoms with Crippen LogP contribution in [-0.2, 0) is 18.3 Å². The maximum atomic E-state index is 13.5. The Morgan fingerprint density at radius 1 is 1.22 bits per heavy atom. The minimum atomic E-state index is -1.48. The summed E-state index contributed by atoms with van der Waals surface area (Å²) in [5.74, 6) is -1.95. The van der Waals surface area contributed by atoms with Gasteiger partial charge in [-0.3, -0.25) is 14.3 Å². The van der Waals surface area contributed by atoms with E-state index in [1.54, 1.807) is 43.1 Å². The fourth-order valence-electron chi connectivity index (χ4n) is 5.06. The SMILES string of the molecule is COc1ccc2c3c1-c1c(c(C(=O)C(C#N)C(=O)Nc4ccccc4)nn1C)C3CCC2. The molecule has 1 heterocycles. The Morgan fingerprint density at radius 3 is 2.72 bits per heavy atom. The Morgan fingerprint density at radius 2 is 2.00 bits per heavy atom. The number of hydrogen-bond donors (Lipinski definition) is 1. The Kier molecular flexibility index (Phi) is 4.78. The van der Waals surface area contributed by atoms with Gasteiger partial charge in [0, 0.05) is 29.8 Å². The number of hydrogen-bond acceptors (Lipinski definition) is 5. The number of fused-ring (bicyclic) bond motifs is 3. The van der Waals surface area contributed by atoms with Crippen LogP contribution < -0.4 is 10.1 Å². The lowest BCUT2D eigenvalue weighted by Crippen LogP contribution is -2.29.